The molecule has 11 heteroatoms. The number of ether oxygens (including phenoxy) is 1. The number of carbonyl (C=O) groups excluding carboxylic acids is 4. The summed E-state index contributed by atoms with van der Waals surface area (Å²) in [6.45, 7) is 25.3. The number of nitrogens with one attached hydrogen (secondary N) is 3. The highest BCUT2D eigenvalue weighted by molar-refractivity contribution is 6.03. The molecule has 5 saturated carbocycles. The summed E-state index contributed by atoms with van der Waals surface area (Å²) < 4.78 is 6.41. The van der Waals surface area contributed by atoms with E-state index in [0.29, 0.717) is 24.7 Å². The number of aryl methyl sites for hydroxylation is 1. The average molecular weight is 789 g/mol. The zero-order chi connectivity index (χ0) is 42.1. The van der Waals surface area contributed by atoms with Crippen LogP contribution in [0, 0.1) is 69.5 Å². The first-order valence-corrected chi connectivity index (χ1v) is 21.6. The number of amides is 2. The van der Waals surface area contributed by atoms with Gasteiger partial charge in [-0.25, -0.2) is 0 Å². The van der Waals surface area contributed by atoms with Crippen LogP contribution >= 0.6 is 0 Å². The molecule has 0 unspecified atom stereocenters. The van der Waals surface area contributed by atoms with Crippen molar-refractivity contribution in [2.45, 2.75) is 164 Å². The van der Waals surface area contributed by atoms with Gasteiger partial charge in [-0.3, -0.25) is 29.1 Å². The second-order valence-electron chi connectivity index (χ2n) is 22.0. The summed E-state index contributed by atoms with van der Waals surface area (Å²) in [4.78, 5) is 67.0. The molecular formula is C46H68N4O7. The summed E-state index contributed by atoms with van der Waals surface area (Å²) in [5.74, 6) is -1.71. The van der Waals surface area contributed by atoms with Crippen LogP contribution in [0.1, 0.15) is 157 Å². The van der Waals surface area contributed by atoms with Crippen LogP contribution in [0.3, 0.4) is 0 Å². The lowest BCUT2D eigenvalue weighted by Gasteiger charge is -2.72. The number of nitrogens with zero attached hydrogens (tertiary/aromatic N) is 1. The van der Waals surface area contributed by atoms with E-state index in [9.17, 15) is 29.1 Å². The lowest BCUT2D eigenvalue weighted by Crippen LogP contribution is -2.68. The van der Waals surface area contributed by atoms with Crippen molar-refractivity contribution in [2.75, 3.05) is 0 Å². The monoisotopic (exact) mass is 789 g/mol. The highest BCUT2D eigenvalue weighted by Gasteiger charge is 2.71. The fourth-order valence-corrected chi connectivity index (χ4v) is 14.2. The minimum absolute atomic E-state index is 0.0161. The number of ketones is 1. The molecule has 0 bridgehead atoms. The minimum atomic E-state index is -1.25. The maximum Gasteiger partial charge on any atom is 0.309 e. The van der Waals surface area contributed by atoms with E-state index >= 15 is 0 Å². The predicted octanol–water partition coefficient (Wildman–Crippen LogP) is 7.73. The van der Waals surface area contributed by atoms with Gasteiger partial charge in [0.05, 0.1) is 17.4 Å². The van der Waals surface area contributed by atoms with Gasteiger partial charge in [-0.2, -0.15) is 5.10 Å². The molecule has 6 aliphatic carbocycles. The third-order valence-electron chi connectivity index (χ3n) is 17.8. The second kappa shape index (κ2) is 13.3. The summed E-state index contributed by atoms with van der Waals surface area (Å²) in [6.07, 6.45) is 7.67. The number of carboxylic acids is 1. The normalized spacial score (nSPS) is 39.2. The van der Waals surface area contributed by atoms with Crippen LogP contribution in [0.5, 0.6) is 0 Å². The van der Waals surface area contributed by atoms with Crippen LogP contribution in [0.15, 0.2) is 17.2 Å². The third kappa shape index (κ3) is 5.99. The Hall–Kier alpha value is -3.50. The van der Waals surface area contributed by atoms with Crippen LogP contribution < -0.4 is 10.6 Å². The van der Waals surface area contributed by atoms with Gasteiger partial charge in [-0.15, -0.1) is 0 Å². The van der Waals surface area contributed by atoms with Crippen LogP contribution in [-0.4, -0.2) is 62.0 Å². The Morgan fingerprint density at radius 3 is 2.18 bits per heavy atom. The molecule has 0 saturated heterocycles. The molecular weight excluding hydrogens is 721 g/mol. The highest BCUT2D eigenvalue weighted by Crippen LogP contribution is 2.76. The van der Waals surface area contributed by atoms with E-state index in [-0.39, 0.29) is 69.4 Å². The Bertz CT molecular complexity index is 1920. The molecule has 1 heterocycles. The highest BCUT2D eigenvalue weighted by atomic mass is 16.5. The molecule has 0 radical (unpaired) electrons. The third-order valence-corrected chi connectivity index (χ3v) is 17.8. The van der Waals surface area contributed by atoms with Crippen molar-refractivity contribution in [3.8, 4) is 0 Å². The van der Waals surface area contributed by atoms with Gasteiger partial charge in [0.1, 0.15) is 17.3 Å². The van der Waals surface area contributed by atoms with Gasteiger partial charge >= 0.3 is 11.9 Å². The van der Waals surface area contributed by atoms with E-state index in [4.69, 9.17) is 4.74 Å². The van der Waals surface area contributed by atoms with E-state index in [1.807, 2.05) is 20.8 Å². The van der Waals surface area contributed by atoms with Crippen LogP contribution in [0.2, 0.25) is 0 Å². The number of aromatic amines is 1. The van der Waals surface area contributed by atoms with Crippen molar-refractivity contribution in [1.29, 1.82) is 0 Å². The number of Topliss-reactive ketones (excluding diaryl/α,β-unsaturated/α-hetero) is 1. The summed E-state index contributed by atoms with van der Waals surface area (Å²) >= 11 is 0. The van der Waals surface area contributed by atoms with Gasteiger partial charge < -0.3 is 20.5 Å². The molecule has 0 aromatic carbocycles. The number of hydrogen-bond acceptors (Lipinski definition) is 7. The zero-order valence-corrected chi connectivity index (χ0v) is 36.5. The Labute approximate surface area is 339 Å². The molecule has 6 aliphatic rings. The first-order valence-electron chi connectivity index (χ1n) is 21.6. The summed E-state index contributed by atoms with van der Waals surface area (Å²) in [5.41, 5.74) is -0.0310. The van der Waals surface area contributed by atoms with E-state index in [1.54, 1.807) is 19.9 Å². The minimum Gasteiger partial charge on any atom is -0.481 e. The number of fused-ring (bicyclic) bond motifs is 7. The van der Waals surface area contributed by atoms with Crippen molar-refractivity contribution in [3.05, 3.63) is 28.6 Å². The zero-order valence-electron chi connectivity index (χ0n) is 36.5. The number of esters is 1. The molecule has 7 rings (SSSR count). The topological polar surface area (TPSA) is 168 Å². The van der Waals surface area contributed by atoms with Crippen LogP contribution in [-0.2, 0) is 23.9 Å². The van der Waals surface area contributed by atoms with E-state index in [2.05, 4.69) is 69.3 Å². The number of H-pyrrole nitrogens is 1. The van der Waals surface area contributed by atoms with Gasteiger partial charge in [-0.1, -0.05) is 62.3 Å². The molecule has 1 aromatic heterocycles. The Balaban J connectivity index is 1.14. The van der Waals surface area contributed by atoms with Gasteiger partial charge in [0.15, 0.2) is 5.78 Å². The maximum absolute atomic E-state index is 14.3. The summed E-state index contributed by atoms with van der Waals surface area (Å²) in [6, 6.07) is 1.65. The fourth-order valence-electron chi connectivity index (χ4n) is 14.2. The van der Waals surface area contributed by atoms with E-state index in [0.717, 1.165) is 61.8 Å². The molecule has 11 nitrogen and oxygen atoms in total. The fraction of sp³-hybridized carbons (Fsp3) is 0.783. The van der Waals surface area contributed by atoms with E-state index in [1.165, 1.54) is 0 Å². The number of aliphatic carboxylic acids is 1. The van der Waals surface area contributed by atoms with Gasteiger partial charge in [-0.05, 0) is 141 Å². The molecule has 5 fully saturated rings. The smallest absolute Gasteiger partial charge is 0.309 e. The van der Waals surface area contributed by atoms with Crippen molar-refractivity contribution in [1.82, 2.24) is 20.8 Å². The van der Waals surface area contributed by atoms with Gasteiger partial charge in [0, 0.05) is 17.5 Å². The maximum atomic E-state index is 14.3. The van der Waals surface area contributed by atoms with Gasteiger partial charge in [0.2, 0.25) is 5.91 Å². The molecule has 0 spiro atoms. The molecule has 2 amide bonds. The lowest BCUT2D eigenvalue weighted by molar-refractivity contribution is -0.235. The van der Waals surface area contributed by atoms with Crippen molar-refractivity contribution in [3.63, 3.8) is 0 Å². The largest absolute Gasteiger partial charge is 0.481 e. The van der Waals surface area contributed by atoms with Crippen molar-refractivity contribution < 1.29 is 33.8 Å². The first-order chi connectivity index (χ1) is 26.3. The SMILES string of the molecule is Cc1cc(C(=O)NC(C)(C)C(=O)N[C@@]23CC[C@]4(C)[C@H](CC[C@@H]5[C@@]6(C)CC[C@H](OC(=O)[C@H]7C[C@@H](C(=O)O)C7(C)C)C(C)(C)[C@@H]6CC[C@]54C)C2=C(C(C)C)C(=O)C3)n[nH]1. The number of carboxylic acid groups (broad SMARTS) is 1. The Kier molecular flexibility index (Phi) is 9.68. The molecule has 57 heavy (non-hydrogen) atoms. The van der Waals surface area contributed by atoms with Crippen LogP contribution in [0.25, 0.3) is 0 Å². The predicted molar refractivity (Wildman–Crippen MR) is 216 cm³/mol. The standard InChI is InChI=1S/C46H68N4O7/c1-24(2)34-30(51)23-46(48-39(56)42(8,9)47-36(52)29-21-25(3)49-50-29)20-19-44(11)26(35(34)46)13-14-32-43(10)17-16-33(41(6,7)31(43)15-18-45(32,44)12)57-38(55)28-22-27(37(53)54)40(28,4)5/h21,24,26-28,31-33H,13-20,22-23H2,1-12H3,(H,47,52)(H,48,56)(H,49,50)(H,53,54)/t26-,27+,28-,31+,32-,33+,43+,44-,45-,46-/m1/s1. The average Bonchev–Trinajstić information content (AvgIpc) is 3.65. The quantitative estimate of drug-likeness (QED) is 0.194. The summed E-state index contributed by atoms with van der Waals surface area (Å²) in [7, 11) is 0. The number of rotatable bonds is 8. The molecule has 10 atom stereocenters. The molecule has 0 aliphatic heterocycles. The van der Waals surface area contributed by atoms with Crippen LogP contribution in [0.4, 0.5) is 0 Å². The number of carbonyl (C=O) groups is 5. The molecule has 1 aromatic rings. The first kappa shape index (κ1) is 41.7. The number of aromatic nitrogens is 2. The molecule has 4 N–H and O–H groups in total. The number of hydrogen-bond donors (Lipinski definition) is 4. The van der Waals surface area contributed by atoms with Crippen molar-refractivity contribution in [2.24, 2.45) is 62.6 Å². The summed E-state index contributed by atoms with van der Waals surface area (Å²) in [5, 5.41) is 22.9. The van der Waals surface area contributed by atoms with E-state index < -0.39 is 40.2 Å². The Morgan fingerprint density at radius 1 is 0.895 bits per heavy atom. The Morgan fingerprint density at radius 2 is 1.58 bits per heavy atom. The lowest BCUT2D eigenvalue weighted by atomic mass is 9.33. The molecule has 314 valence electrons. The van der Waals surface area contributed by atoms with Gasteiger partial charge in [0.25, 0.3) is 5.91 Å². The second-order valence-corrected chi connectivity index (χ2v) is 22.0. The number of allylic oxidation sites excluding steroid dienone is 1. The van der Waals surface area contributed by atoms with Crippen molar-refractivity contribution >= 4 is 29.5 Å².